The summed E-state index contributed by atoms with van der Waals surface area (Å²) < 4.78 is 21.7. The van der Waals surface area contributed by atoms with Gasteiger partial charge in [-0.25, -0.2) is 9.78 Å². The van der Waals surface area contributed by atoms with E-state index in [0.717, 1.165) is 21.6 Å². The number of hydrogen-bond acceptors (Lipinski definition) is 14. The molecule has 0 saturated carbocycles. The predicted octanol–water partition coefficient (Wildman–Crippen LogP) is 5.92. The van der Waals surface area contributed by atoms with Crippen LogP contribution >= 0.6 is 56.5 Å². The van der Waals surface area contributed by atoms with Crippen LogP contribution in [0.2, 0.25) is 0 Å². The molecule has 0 bridgehead atoms. The standard InChI is InChI=1S/C45H40I2N6O10S2/c1-26(54)62-34-20-28-22-52(23-29(28)21-35(34)63-27(2)55)43(46)25-65(60)39-42(3,38(57)53(39)45(43,47)40(58)59)49-37(56)36(51-61-4)33-24-64-41(48-33)50-44(30-14-8-5-9-15-30,31-16-10-6-11-17-31)32-18-12-7-13-19-32/h5-21,24,39H,22-23,25H2,1-4H3,(H,48,50)(H,49,56)(H,58,59)/b51-36-/t39-,42?,43?,45?,65?/m0/s1. The van der Waals surface area contributed by atoms with Crippen molar-refractivity contribution in [3.63, 3.8) is 0 Å². The molecule has 336 valence electrons. The van der Waals surface area contributed by atoms with Crippen LogP contribution < -0.4 is 20.1 Å². The fraction of sp³-hybridized carbons (Fsp3) is 0.267. The summed E-state index contributed by atoms with van der Waals surface area (Å²) >= 11 is 4.92. The van der Waals surface area contributed by atoms with Gasteiger partial charge in [0, 0.05) is 32.3 Å². The molecule has 3 aliphatic rings. The SMILES string of the molecule is CO/N=C(\C(=O)NC1(C)C(=O)N2[C@H]1S(=O)CC(I)(N1Cc3cc(OC(C)=O)c(OC(C)=O)cc3C1)C2(I)C(=O)O)c1csc(NC(c2ccccc2)(c2ccccc2)c2ccccc2)n1. The van der Waals surface area contributed by atoms with Crippen molar-refractivity contribution in [2.24, 2.45) is 5.16 Å². The smallest absolute Gasteiger partial charge is 0.342 e. The van der Waals surface area contributed by atoms with Crippen LogP contribution in [0.15, 0.2) is 114 Å². The monoisotopic (exact) mass is 1140 g/mol. The minimum absolute atomic E-state index is 0.00711. The lowest BCUT2D eigenvalue weighted by Crippen LogP contribution is -2.90. The molecule has 5 atom stereocenters. The number of hydrogen-bond donors (Lipinski definition) is 3. The normalized spacial score (nSPS) is 23.9. The van der Waals surface area contributed by atoms with E-state index in [9.17, 15) is 33.3 Å². The van der Waals surface area contributed by atoms with Crippen molar-refractivity contribution < 1.29 is 47.6 Å². The summed E-state index contributed by atoms with van der Waals surface area (Å²) in [4.78, 5) is 79.0. The van der Waals surface area contributed by atoms with Crippen molar-refractivity contribution >= 4 is 108 Å². The van der Waals surface area contributed by atoms with Crippen LogP contribution in [0, 0.1) is 0 Å². The van der Waals surface area contributed by atoms with Gasteiger partial charge in [-0.15, -0.1) is 11.3 Å². The largest absolute Gasteiger partial charge is 0.479 e. The van der Waals surface area contributed by atoms with Crippen LogP contribution in [0.4, 0.5) is 5.13 Å². The van der Waals surface area contributed by atoms with E-state index in [1.807, 2.05) is 114 Å². The van der Waals surface area contributed by atoms with Crippen molar-refractivity contribution in [1.29, 1.82) is 0 Å². The fourth-order valence-electron chi connectivity index (χ4n) is 8.66. The summed E-state index contributed by atoms with van der Waals surface area (Å²) in [6.45, 7) is 4.06. The number of aromatic nitrogens is 1. The number of esters is 2. The summed E-state index contributed by atoms with van der Waals surface area (Å²) in [7, 11) is -0.673. The number of β-lactam (4-membered cyclic amide) rings is 1. The van der Waals surface area contributed by atoms with E-state index < -0.39 is 64.1 Å². The lowest BCUT2D eigenvalue weighted by molar-refractivity contribution is -0.175. The number of amides is 2. The van der Waals surface area contributed by atoms with Crippen molar-refractivity contribution in [1.82, 2.24) is 20.1 Å². The Morgan fingerprint density at radius 3 is 1.82 bits per heavy atom. The van der Waals surface area contributed by atoms with Crippen LogP contribution in [-0.2, 0) is 58.2 Å². The minimum Gasteiger partial charge on any atom is -0.479 e. The number of fused-ring (bicyclic) bond motifs is 2. The number of carboxylic acids is 1. The molecule has 65 heavy (non-hydrogen) atoms. The lowest BCUT2D eigenvalue weighted by Gasteiger charge is -2.65. The Balaban J connectivity index is 1.07. The average molecular weight is 1140 g/mol. The first-order chi connectivity index (χ1) is 31.0. The second-order valence-corrected chi connectivity index (χ2v) is 21.3. The Labute approximate surface area is 406 Å². The number of carbonyl (C=O) groups excluding carboxylic acids is 4. The molecule has 3 N–H and O–H groups in total. The van der Waals surface area contributed by atoms with Crippen LogP contribution in [0.1, 0.15) is 54.3 Å². The molecule has 4 aromatic carbocycles. The Kier molecular flexibility index (Phi) is 12.7. The van der Waals surface area contributed by atoms with Crippen LogP contribution in [0.5, 0.6) is 11.5 Å². The molecule has 0 aliphatic carbocycles. The van der Waals surface area contributed by atoms with Gasteiger partial charge in [0.25, 0.3) is 11.8 Å². The molecule has 2 fully saturated rings. The number of carbonyl (C=O) groups is 5. The number of thiazole rings is 1. The third-order valence-electron chi connectivity index (χ3n) is 11.5. The van der Waals surface area contributed by atoms with Crippen molar-refractivity contribution in [3.8, 4) is 11.5 Å². The Bertz CT molecular complexity index is 2640. The molecular formula is C45H40I2N6O10S2. The molecule has 1 aromatic heterocycles. The molecule has 2 saturated heterocycles. The van der Waals surface area contributed by atoms with Gasteiger partial charge in [0.1, 0.15) is 32.8 Å². The third-order valence-corrected chi connectivity index (χ3v) is 19.4. The Morgan fingerprint density at radius 2 is 1.37 bits per heavy atom. The van der Waals surface area contributed by atoms with E-state index in [1.165, 1.54) is 39.2 Å². The highest BCUT2D eigenvalue weighted by Gasteiger charge is 2.78. The molecule has 3 aliphatic heterocycles. The number of carboxylic acid groups (broad SMARTS) is 1. The third kappa shape index (κ3) is 7.89. The number of nitrogens with zero attached hydrogens (tertiary/aromatic N) is 4. The summed E-state index contributed by atoms with van der Waals surface area (Å²) in [5.74, 6) is -4.50. The molecule has 16 nitrogen and oxygen atoms in total. The summed E-state index contributed by atoms with van der Waals surface area (Å²) in [6, 6.07) is 32.8. The number of benzene rings is 4. The number of alkyl halides is 2. The van der Waals surface area contributed by atoms with E-state index in [0.29, 0.717) is 16.3 Å². The predicted molar refractivity (Wildman–Crippen MR) is 258 cm³/mol. The number of rotatable bonds is 13. The van der Waals surface area contributed by atoms with Gasteiger partial charge in [-0.2, -0.15) is 0 Å². The van der Waals surface area contributed by atoms with Gasteiger partial charge in [0.05, 0.1) is 16.6 Å². The zero-order chi connectivity index (χ0) is 46.5. The van der Waals surface area contributed by atoms with E-state index in [2.05, 4.69) is 15.8 Å². The zero-order valence-corrected chi connectivity index (χ0v) is 41.0. The van der Waals surface area contributed by atoms with Gasteiger partial charge >= 0.3 is 17.9 Å². The fourth-order valence-corrected chi connectivity index (χ4v) is 14.7. The second kappa shape index (κ2) is 17.8. The molecule has 2 amide bonds. The van der Waals surface area contributed by atoms with Crippen LogP contribution in [-0.4, -0.2) is 90.4 Å². The van der Waals surface area contributed by atoms with Gasteiger partial charge < -0.3 is 30.1 Å². The van der Waals surface area contributed by atoms with E-state index in [-0.39, 0.29) is 41.7 Å². The molecule has 4 unspecified atom stereocenters. The van der Waals surface area contributed by atoms with E-state index in [1.54, 1.807) is 45.0 Å². The van der Waals surface area contributed by atoms with Gasteiger partial charge in [-0.1, -0.05) is 119 Å². The molecule has 8 rings (SSSR count). The number of halogens is 2. The number of oxime groups is 1. The number of anilines is 1. The van der Waals surface area contributed by atoms with Gasteiger partial charge in [0.2, 0.25) is 3.55 Å². The highest BCUT2D eigenvalue weighted by atomic mass is 127. The molecule has 0 spiro atoms. The molecule has 4 heterocycles. The van der Waals surface area contributed by atoms with Gasteiger partial charge in [-0.05, 0) is 69.5 Å². The first kappa shape index (κ1) is 46.2. The highest BCUT2D eigenvalue weighted by molar-refractivity contribution is 14.1. The topological polar surface area (TPSA) is 206 Å². The first-order valence-corrected chi connectivity index (χ1v) is 24.3. The van der Waals surface area contributed by atoms with Crippen molar-refractivity contribution in [2.45, 2.75) is 57.4 Å². The van der Waals surface area contributed by atoms with E-state index >= 15 is 0 Å². The highest BCUT2D eigenvalue weighted by Crippen LogP contribution is 2.58. The lowest BCUT2D eigenvalue weighted by atomic mass is 9.77. The second-order valence-electron chi connectivity index (χ2n) is 15.6. The van der Waals surface area contributed by atoms with E-state index in [4.69, 9.17) is 19.3 Å². The number of ether oxygens (including phenoxy) is 2. The average Bonchev–Trinajstić information content (AvgIpc) is 3.93. The van der Waals surface area contributed by atoms with Gasteiger partial charge in [-0.3, -0.25) is 33.2 Å². The number of aliphatic carboxylic acids is 1. The Hall–Kier alpha value is -5.30. The molecule has 5 aromatic rings. The van der Waals surface area contributed by atoms with Crippen LogP contribution in [0.3, 0.4) is 0 Å². The maximum absolute atomic E-state index is 14.5. The maximum atomic E-state index is 14.5. The molecule has 20 heteroatoms. The van der Waals surface area contributed by atoms with Gasteiger partial charge in [0.15, 0.2) is 22.3 Å². The first-order valence-electron chi connectivity index (χ1n) is 19.9. The summed E-state index contributed by atoms with van der Waals surface area (Å²) in [5.41, 5.74) is 1.18. The quantitative estimate of drug-likeness (QED) is 0.0144. The molecular weight excluding hydrogens is 1100 g/mol. The maximum Gasteiger partial charge on any atom is 0.342 e. The number of nitrogens with one attached hydrogen (secondary N) is 2. The minimum atomic E-state index is -2.01. The summed E-state index contributed by atoms with van der Waals surface area (Å²) in [6.07, 6.45) is 0. The zero-order valence-electron chi connectivity index (χ0n) is 35.1. The van der Waals surface area contributed by atoms with Crippen molar-refractivity contribution in [3.05, 3.63) is 142 Å². The van der Waals surface area contributed by atoms with Crippen LogP contribution in [0.25, 0.3) is 0 Å². The summed E-state index contributed by atoms with van der Waals surface area (Å²) in [5, 5.41) is 22.2. The Morgan fingerprint density at radius 1 is 0.877 bits per heavy atom. The van der Waals surface area contributed by atoms with Crippen molar-refractivity contribution in [2.75, 3.05) is 18.2 Å². The molecule has 0 radical (unpaired) electrons.